The molecule has 0 aliphatic carbocycles. The van der Waals surface area contributed by atoms with Gasteiger partial charge in [-0.05, 0) is 42.8 Å². The van der Waals surface area contributed by atoms with E-state index in [1.54, 1.807) is 43.3 Å². The minimum atomic E-state index is -0.257. The summed E-state index contributed by atoms with van der Waals surface area (Å²) in [6, 6.07) is 12.1. The monoisotopic (exact) mass is 316 g/mol. The molecule has 0 saturated carbocycles. The van der Waals surface area contributed by atoms with Gasteiger partial charge in [0, 0.05) is 28.4 Å². The van der Waals surface area contributed by atoms with Crippen LogP contribution in [0.1, 0.15) is 29.3 Å². The van der Waals surface area contributed by atoms with Crippen molar-refractivity contribution in [2.75, 3.05) is 10.6 Å². The van der Waals surface area contributed by atoms with Crippen molar-refractivity contribution in [3.63, 3.8) is 0 Å². The summed E-state index contributed by atoms with van der Waals surface area (Å²) in [5.41, 5.74) is 2.64. The van der Waals surface area contributed by atoms with Gasteiger partial charge in [0.1, 0.15) is 0 Å². The Labute approximate surface area is 134 Å². The smallest absolute Gasteiger partial charge is 0.255 e. The van der Waals surface area contributed by atoms with Crippen LogP contribution in [0.4, 0.5) is 11.4 Å². The molecule has 0 saturated heterocycles. The molecule has 0 aliphatic rings. The van der Waals surface area contributed by atoms with Gasteiger partial charge in [-0.15, -0.1) is 0 Å². The molecule has 0 spiro atoms. The summed E-state index contributed by atoms with van der Waals surface area (Å²) >= 11 is 6.04. The molecule has 0 aliphatic heterocycles. The Balaban J connectivity index is 2.13. The normalized spacial score (nSPS) is 10.1. The Morgan fingerprint density at radius 3 is 2.45 bits per heavy atom. The fraction of sp³-hybridized carbons (Fsp3) is 0.176. The molecule has 0 fully saturated rings. The van der Waals surface area contributed by atoms with E-state index >= 15 is 0 Å². The number of hydrogen-bond acceptors (Lipinski definition) is 2. The number of nitrogens with one attached hydrogen (secondary N) is 2. The first kappa shape index (κ1) is 16.0. The number of rotatable bonds is 4. The highest BCUT2D eigenvalue weighted by molar-refractivity contribution is 6.31. The van der Waals surface area contributed by atoms with Crippen LogP contribution in [0.15, 0.2) is 42.5 Å². The highest BCUT2D eigenvalue weighted by Crippen LogP contribution is 2.21. The molecule has 2 rings (SSSR count). The molecule has 0 heterocycles. The summed E-state index contributed by atoms with van der Waals surface area (Å²) in [7, 11) is 0. The largest absolute Gasteiger partial charge is 0.326 e. The summed E-state index contributed by atoms with van der Waals surface area (Å²) in [6.45, 7) is 3.67. The lowest BCUT2D eigenvalue weighted by Crippen LogP contribution is -2.14. The van der Waals surface area contributed by atoms with E-state index in [4.69, 9.17) is 11.6 Å². The molecular formula is C17H17ClN2O2. The summed E-state index contributed by atoms with van der Waals surface area (Å²) < 4.78 is 0. The number of hydrogen-bond donors (Lipinski definition) is 2. The van der Waals surface area contributed by atoms with E-state index in [2.05, 4.69) is 10.6 Å². The second kappa shape index (κ2) is 7.09. The number of carbonyl (C=O) groups is 2. The van der Waals surface area contributed by atoms with E-state index in [1.807, 2.05) is 13.0 Å². The van der Waals surface area contributed by atoms with Crippen LogP contribution >= 0.6 is 11.6 Å². The summed E-state index contributed by atoms with van der Waals surface area (Å²) in [5.74, 6) is -0.351. The maximum absolute atomic E-state index is 12.3. The van der Waals surface area contributed by atoms with Crippen molar-refractivity contribution in [1.82, 2.24) is 0 Å². The van der Waals surface area contributed by atoms with Crippen molar-refractivity contribution in [3.05, 3.63) is 58.6 Å². The van der Waals surface area contributed by atoms with Crippen molar-refractivity contribution in [2.24, 2.45) is 0 Å². The Bertz CT molecular complexity index is 714. The van der Waals surface area contributed by atoms with E-state index in [9.17, 15) is 9.59 Å². The van der Waals surface area contributed by atoms with E-state index in [1.165, 1.54) is 0 Å². The van der Waals surface area contributed by atoms with Crippen LogP contribution in [-0.2, 0) is 4.79 Å². The molecule has 0 bridgehead atoms. The van der Waals surface area contributed by atoms with Gasteiger partial charge in [0.25, 0.3) is 5.91 Å². The lowest BCUT2D eigenvalue weighted by molar-refractivity contribution is -0.115. The minimum absolute atomic E-state index is 0.0946. The zero-order valence-corrected chi connectivity index (χ0v) is 13.2. The highest BCUT2D eigenvalue weighted by Gasteiger charge is 2.08. The first-order chi connectivity index (χ1) is 10.5. The third-order valence-electron chi connectivity index (χ3n) is 3.16. The van der Waals surface area contributed by atoms with Crippen molar-refractivity contribution in [1.29, 1.82) is 0 Å². The summed E-state index contributed by atoms with van der Waals surface area (Å²) in [4.78, 5) is 23.6. The standard InChI is InChI=1S/C17H17ClN2O2/c1-3-16(21)19-13-6-4-5-12(9-13)17(22)20-14-8-7-11(2)15(18)10-14/h4-10H,3H2,1-2H3,(H,19,21)(H,20,22). The van der Waals surface area contributed by atoms with E-state index in [0.717, 1.165) is 5.56 Å². The number of amides is 2. The number of benzene rings is 2. The average Bonchev–Trinajstić information content (AvgIpc) is 2.51. The quantitative estimate of drug-likeness (QED) is 0.886. The lowest BCUT2D eigenvalue weighted by atomic mass is 10.1. The lowest BCUT2D eigenvalue weighted by Gasteiger charge is -2.09. The SMILES string of the molecule is CCC(=O)Nc1cccc(C(=O)Nc2ccc(C)c(Cl)c2)c1. The number of aryl methyl sites for hydroxylation is 1. The van der Waals surface area contributed by atoms with Gasteiger partial charge < -0.3 is 10.6 Å². The second-order valence-electron chi connectivity index (χ2n) is 4.90. The van der Waals surface area contributed by atoms with Gasteiger partial charge in [-0.3, -0.25) is 9.59 Å². The number of anilines is 2. The Hall–Kier alpha value is -2.33. The van der Waals surface area contributed by atoms with Crippen LogP contribution < -0.4 is 10.6 Å². The maximum Gasteiger partial charge on any atom is 0.255 e. The molecule has 2 amide bonds. The molecule has 5 heteroatoms. The van der Waals surface area contributed by atoms with Crippen molar-refractivity contribution in [3.8, 4) is 0 Å². The van der Waals surface area contributed by atoms with E-state index in [-0.39, 0.29) is 11.8 Å². The van der Waals surface area contributed by atoms with Gasteiger partial charge in [0.2, 0.25) is 5.91 Å². The third-order valence-corrected chi connectivity index (χ3v) is 3.57. The van der Waals surface area contributed by atoms with Crippen LogP contribution in [0.25, 0.3) is 0 Å². The molecule has 4 nitrogen and oxygen atoms in total. The number of halogens is 1. The first-order valence-electron chi connectivity index (χ1n) is 6.97. The Kier molecular flexibility index (Phi) is 5.17. The zero-order chi connectivity index (χ0) is 16.1. The molecule has 0 unspecified atom stereocenters. The third kappa shape index (κ3) is 4.09. The second-order valence-corrected chi connectivity index (χ2v) is 5.31. The molecular weight excluding hydrogens is 300 g/mol. The topological polar surface area (TPSA) is 58.2 Å². The molecule has 2 N–H and O–H groups in total. The molecule has 114 valence electrons. The van der Waals surface area contributed by atoms with E-state index in [0.29, 0.717) is 28.4 Å². The first-order valence-corrected chi connectivity index (χ1v) is 7.35. The van der Waals surface area contributed by atoms with Gasteiger partial charge in [-0.25, -0.2) is 0 Å². The summed E-state index contributed by atoms with van der Waals surface area (Å²) in [6.07, 6.45) is 0.387. The molecule has 2 aromatic carbocycles. The van der Waals surface area contributed by atoms with Crippen molar-refractivity contribution < 1.29 is 9.59 Å². The Morgan fingerprint density at radius 2 is 1.77 bits per heavy atom. The zero-order valence-electron chi connectivity index (χ0n) is 12.4. The molecule has 0 aromatic heterocycles. The molecule has 0 atom stereocenters. The molecule has 22 heavy (non-hydrogen) atoms. The summed E-state index contributed by atoms with van der Waals surface area (Å²) in [5, 5.41) is 6.11. The Morgan fingerprint density at radius 1 is 1.05 bits per heavy atom. The van der Waals surface area contributed by atoms with Crippen molar-refractivity contribution >= 4 is 34.8 Å². The van der Waals surface area contributed by atoms with E-state index < -0.39 is 0 Å². The van der Waals surface area contributed by atoms with Gasteiger partial charge >= 0.3 is 0 Å². The van der Waals surface area contributed by atoms with Crippen LogP contribution in [-0.4, -0.2) is 11.8 Å². The highest BCUT2D eigenvalue weighted by atomic mass is 35.5. The van der Waals surface area contributed by atoms with Crippen LogP contribution in [0.2, 0.25) is 5.02 Å². The van der Waals surface area contributed by atoms with Gasteiger partial charge in [0.15, 0.2) is 0 Å². The molecule has 2 aromatic rings. The average molecular weight is 317 g/mol. The predicted octanol–water partition coefficient (Wildman–Crippen LogP) is 4.25. The van der Waals surface area contributed by atoms with Crippen LogP contribution in [0.5, 0.6) is 0 Å². The van der Waals surface area contributed by atoms with Crippen LogP contribution in [0, 0.1) is 6.92 Å². The fourth-order valence-electron chi connectivity index (χ4n) is 1.86. The predicted molar refractivity (Wildman–Crippen MR) is 89.5 cm³/mol. The number of carbonyl (C=O) groups excluding carboxylic acids is 2. The van der Waals surface area contributed by atoms with Gasteiger partial charge in [-0.1, -0.05) is 30.7 Å². The molecule has 0 radical (unpaired) electrons. The van der Waals surface area contributed by atoms with Crippen LogP contribution in [0.3, 0.4) is 0 Å². The van der Waals surface area contributed by atoms with Gasteiger partial charge in [0.05, 0.1) is 0 Å². The maximum atomic E-state index is 12.3. The minimum Gasteiger partial charge on any atom is -0.326 e. The van der Waals surface area contributed by atoms with Crippen molar-refractivity contribution in [2.45, 2.75) is 20.3 Å². The fourth-order valence-corrected chi connectivity index (χ4v) is 2.04. The van der Waals surface area contributed by atoms with Gasteiger partial charge in [-0.2, -0.15) is 0 Å².